The molecule has 0 saturated carbocycles. The fraction of sp³-hybridized carbons (Fsp3) is 0. The van der Waals surface area contributed by atoms with E-state index in [4.69, 9.17) is 23.7 Å². The van der Waals surface area contributed by atoms with E-state index in [2.05, 4.69) is 0 Å². The molecule has 0 unspecified atom stereocenters. The molecule has 7 heavy (non-hydrogen) atoms. The van der Waals surface area contributed by atoms with Crippen LogP contribution in [0.1, 0.15) is 0 Å². The van der Waals surface area contributed by atoms with E-state index in [1.165, 1.54) is 0 Å². The molecule has 0 aromatic rings. The summed E-state index contributed by atoms with van der Waals surface area (Å²) >= 11 is 0. The number of hydrogen-bond donors (Lipinski definition) is 0. The molecule has 0 aliphatic heterocycles. The summed E-state index contributed by atoms with van der Waals surface area (Å²) in [6.45, 7) is 9.50. The fourth-order valence-corrected chi connectivity index (χ4v) is 0. The summed E-state index contributed by atoms with van der Waals surface area (Å²) in [6.07, 6.45) is 0. The first-order valence-corrected chi connectivity index (χ1v) is 0.447. The predicted octanol–water partition coefficient (Wildman–Crippen LogP) is 0.185. The van der Waals surface area contributed by atoms with Crippen LogP contribution in [-0.4, -0.2) is 0 Å². The zero-order chi connectivity index (χ0) is 4.00. The molecule has 26 valence electrons. The summed E-state index contributed by atoms with van der Waals surface area (Å²) in [6, 6.07) is 0. The molecule has 0 amide bonds. The molecule has 0 atom stereocenters. The van der Waals surface area contributed by atoms with Crippen LogP contribution >= 0.6 is 0 Å². The second kappa shape index (κ2) is 201. The van der Waals surface area contributed by atoms with Gasteiger partial charge in [-0.1, -0.05) is 0 Å². The van der Waals surface area contributed by atoms with Crippen LogP contribution in [0.25, 0.3) is 0 Å². The van der Waals surface area contributed by atoms with Gasteiger partial charge in [0.15, 0.2) is 0 Å². The number of rotatable bonds is 0. The minimum Gasteiger partial charge on any atom is -0.512 e. The Kier molecular flexibility index (Phi) is 1210. The Morgan fingerprint density at radius 2 is 0.714 bits per heavy atom. The Morgan fingerprint density at radius 3 is 0.714 bits per heavy atom. The van der Waals surface area contributed by atoms with Gasteiger partial charge in [-0.05, 0) is 0 Å². The maximum absolute atomic E-state index is 6.25. The van der Waals surface area contributed by atoms with Crippen LogP contribution in [-0.2, 0) is 66.6 Å². The first kappa shape index (κ1) is 41.9. The fourth-order valence-electron chi connectivity index (χ4n) is 0. The summed E-state index contributed by atoms with van der Waals surface area (Å²) < 4.78 is 0. The van der Waals surface area contributed by atoms with Gasteiger partial charge in [-0.15, -0.1) is 0 Å². The largest absolute Gasteiger partial charge is 0.512 e. The van der Waals surface area contributed by atoms with E-state index in [0.29, 0.717) is 0 Å². The van der Waals surface area contributed by atoms with Crippen LogP contribution in [0.2, 0.25) is 0 Å². The Balaban J connectivity index is -0.00000000267. The van der Waals surface area contributed by atoms with Crippen LogP contribution in [0.5, 0.6) is 0 Å². The van der Waals surface area contributed by atoms with E-state index >= 15 is 0 Å². The van der Waals surface area contributed by atoms with E-state index in [-0.39, 0.29) is 66.6 Å². The molecule has 0 aromatic carbocycles. The van der Waals surface area contributed by atoms with Gasteiger partial charge in [0.05, 0.1) is 0 Å². The Bertz CT molecular complexity index is 29.2. The number of hydrogen-bond acceptors (Lipinski definition) is 2. The first-order chi connectivity index (χ1) is 2.00. The van der Waals surface area contributed by atoms with Crippen molar-refractivity contribution in [1.82, 2.24) is 0 Å². The molecule has 0 fully saturated rings. The molecule has 0 aliphatic carbocycles. The van der Waals surface area contributed by atoms with Crippen molar-refractivity contribution in [3.8, 4) is 0 Å². The summed E-state index contributed by atoms with van der Waals surface area (Å²) in [7, 11) is 0. The molecule has 2 nitrogen and oxygen atoms in total. The standard InChI is InChI=1S/2CN.Hg.2Zn/c2*1-2;;;/q2*-1;;;. The van der Waals surface area contributed by atoms with Gasteiger partial charge in [0, 0.05) is 66.6 Å². The molecule has 0 aromatic heterocycles. The third kappa shape index (κ3) is 141. The van der Waals surface area contributed by atoms with Crippen molar-refractivity contribution in [3.05, 3.63) is 13.1 Å². The van der Waals surface area contributed by atoms with Crippen LogP contribution in [0.15, 0.2) is 0 Å². The molecular weight excluding hydrogens is 383 g/mol. The van der Waals surface area contributed by atoms with Crippen molar-refractivity contribution >= 4 is 0 Å². The van der Waals surface area contributed by atoms with Gasteiger partial charge in [-0.25, -0.2) is 0 Å². The Labute approximate surface area is 89.3 Å². The molecule has 0 radical (unpaired) electrons. The van der Waals surface area contributed by atoms with Gasteiger partial charge >= 0.3 is 0 Å². The van der Waals surface area contributed by atoms with Crippen LogP contribution in [0.3, 0.4) is 0 Å². The van der Waals surface area contributed by atoms with Crippen molar-refractivity contribution in [3.63, 3.8) is 0 Å². The topological polar surface area (TPSA) is 47.6 Å². The van der Waals surface area contributed by atoms with Crippen molar-refractivity contribution in [2.24, 2.45) is 0 Å². The minimum atomic E-state index is 0. The molecule has 0 heterocycles. The second-order valence-electron chi connectivity index (χ2n) is 0. The zero-order valence-corrected chi connectivity index (χ0v) is 15.4. The van der Waals surface area contributed by atoms with Crippen molar-refractivity contribution in [2.75, 3.05) is 0 Å². The van der Waals surface area contributed by atoms with Crippen LogP contribution < -0.4 is 0 Å². The van der Waals surface area contributed by atoms with Crippen molar-refractivity contribution in [1.29, 1.82) is 10.5 Å². The summed E-state index contributed by atoms with van der Waals surface area (Å²) in [4.78, 5) is 0. The Hall–Kier alpha value is 1.16. The van der Waals surface area contributed by atoms with Gasteiger partial charge < -0.3 is 23.7 Å². The van der Waals surface area contributed by atoms with E-state index in [1.54, 1.807) is 0 Å². The van der Waals surface area contributed by atoms with Crippen molar-refractivity contribution < 1.29 is 66.6 Å². The van der Waals surface area contributed by atoms with E-state index in [9.17, 15) is 0 Å². The zero-order valence-electron chi connectivity index (χ0n) is 4.02. The minimum absolute atomic E-state index is 0. The van der Waals surface area contributed by atoms with Gasteiger partial charge in [0.2, 0.25) is 0 Å². The van der Waals surface area contributed by atoms with Crippen LogP contribution in [0, 0.1) is 23.7 Å². The molecule has 0 rings (SSSR count). The molecule has 0 bridgehead atoms. The average Bonchev–Trinajstić information content (AvgIpc) is 1.50. The van der Waals surface area contributed by atoms with E-state index in [0.717, 1.165) is 0 Å². The van der Waals surface area contributed by atoms with Gasteiger partial charge in [-0.3, -0.25) is 0 Å². The second-order valence-corrected chi connectivity index (χ2v) is 0. The molecule has 5 heteroatoms. The predicted molar refractivity (Wildman–Crippen MR) is 9.94 cm³/mol. The smallest absolute Gasteiger partial charge is 0 e. The maximum atomic E-state index is 6.25. The SMILES string of the molecule is [C-]#N.[C-]#N.[Hg].[Zn].[Zn]. The van der Waals surface area contributed by atoms with Gasteiger partial charge in [-0.2, -0.15) is 0 Å². The summed E-state index contributed by atoms with van der Waals surface area (Å²) in [5, 5.41) is 12.5. The maximum Gasteiger partial charge on any atom is 0 e. The van der Waals surface area contributed by atoms with Crippen LogP contribution in [0.4, 0.5) is 0 Å². The molecular formula is C2HgN2Zn2-2. The van der Waals surface area contributed by atoms with Gasteiger partial charge in [0.25, 0.3) is 0 Å². The Morgan fingerprint density at radius 1 is 0.714 bits per heavy atom. The molecule has 0 aliphatic rings. The van der Waals surface area contributed by atoms with Crippen molar-refractivity contribution in [2.45, 2.75) is 0 Å². The van der Waals surface area contributed by atoms with E-state index < -0.39 is 0 Å². The third-order valence-electron chi connectivity index (χ3n) is 0. The normalized spacial score (nSPS) is 0.571. The summed E-state index contributed by atoms with van der Waals surface area (Å²) in [5.41, 5.74) is 0. The summed E-state index contributed by atoms with van der Waals surface area (Å²) in [5.74, 6) is 0. The number of nitrogens with zero attached hydrogens (tertiary/aromatic N) is 2. The molecule has 0 N–H and O–H groups in total. The third-order valence-corrected chi connectivity index (χ3v) is 0. The quantitative estimate of drug-likeness (QED) is 0.443. The average molecular weight is 383 g/mol. The monoisotopic (exact) mass is 382 g/mol. The van der Waals surface area contributed by atoms with Gasteiger partial charge in [0.1, 0.15) is 0 Å². The first-order valence-electron chi connectivity index (χ1n) is 0.447. The molecule has 0 saturated heterocycles. The van der Waals surface area contributed by atoms with E-state index in [1.807, 2.05) is 0 Å². The molecule has 0 spiro atoms.